The lowest BCUT2D eigenvalue weighted by molar-refractivity contribution is 0.0957. The maximum Gasteiger partial charge on any atom is 0.0490 e. The Morgan fingerprint density at radius 2 is 1.50 bits per heavy atom. The van der Waals surface area contributed by atoms with Gasteiger partial charge in [-0.2, -0.15) is 0 Å². The van der Waals surface area contributed by atoms with Gasteiger partial charge < -0.3 is 4.74 Å². The average Bonchev–Trinajstić information content (AvgIpc) is 2.49. The average molecular weight is 278 g/mol. The van der Waals surface area contributed by atoms with Gasteiger partial charge in [-0.25, -0.2) is 0 Å². The van der Waals surface area contributed by atoms with Crippen molar-refractivity contribution in [3.63, 3.8) is 0 Å². The van der Waals surface area contributed by atoms with Gasteiger partial charge in [-0.3, -0.25) is 0 Å². The molecule has 20 heavy (non-hydrogen) atoms. The molecule has 116 valence electrons. The fourth-order valence-electron chi connectivity index (χ4n) is 4.33. The van der Waals surface area contributed by atoms with Gasteiger partial charge in [0.1, 0.15) is 0 Å². The first kappa shape index (κ1) is 16.1. The molecule has 1 heteroatoms. The van der Waals surface area contributed by atoms with Crippen LogP contribution < -0.4 is 0 Å². The third-order valence-electron chi connectivity index (χ3n) is 5.64. The minimum absolute atomic E-state index is 0.851. The van der Waals surface area contributed by atoms with Crippen molar-refractivity contribution in [2.45, 2.75) is 71.1 Å². The van der Waals surface area contributed by atoms with Crippen LogP contribution in [0.15, 0.2) is 12.2 Å². The Hall–Kier alpha value is -0.300. The predicted molar refractivity (Wildman–Crippen MR) is 86.8 cm³/mol. The highest BCUT2D eigenvalue weighted by atomic mass is 16.5. The van der Waals surface area contributed by atoms with Gasteiger partial charge in [0.15, 0.2) is 0 Å². The van der Waals surface area contributed by atoms with Crippen LogP contribution in [0.2, 0.25) is 0 Å². The summed E-state index contributed by atoms with van der Waals surface area (Å²) >= 11 is 0. The van der Waals surface area contributed by atoms with Gasteiger partial charge in [0, 0.05) is 13.7 Å². The quantitative estimate of drug-likeness (QED) is 0.574. The summed E-state index contributed by atoms with van der Waals surface area (Å²) in [4.78, 5) is 0. The highest BCUT2D eigenvalue weighted by molar-refractivity contribution is 4.92. The highest BCUT2D eigenvalue weighted by Crippen LogP contribution is 2.41. The molecule has 1 nitrogen and oxygen atoms in total. The van der Waals surface area contributed by atoms with Crippen LogP contribution in [0.3, 0.4) is 0 Å². The Morgan fingerprint density at radius 3 is 2.05 bits per heavy atom. The summed E-state index contributed by atoms with van der Waals surface area (Å²) in [5.41, 5.74) is 0. The van der Waals surface area contributed by atoms with E-state index in [0.717, 1.165) is 30.3 Å². The minimum atomic E-state index is 0.851. The van der Waals surface area contributed by atoms with Crippen LogP contribution in [0.4, 0.5) is 0 Å². The van der Waals surface area contributed by atoms with Gasteiger partial charge in [0.05, 0.1) is 0 Å². The van der Waals surface area contributed by atoms with E-state index in [-0.39, 0.29) is 0 Å². The van der Waals surface area contributed by atoms with Crippen molar-refractivity contribution >= 4 is 0 Å². The molecule has 0 amide bonds. The second-order valence-corrected chi connectivity index (χ2v) is 7.13. The van der Waals surface area contributed by atoms with E-state index in [2.05, 4.69) is 19.1 Å². The van der Waals surface area contributed by atoms with Crippen LogP contribution in [0, 0.1) is 23.7 Å². The third kappa shape index (κ3) is 4.91. The van der Waals surface area contributed by atoms with Crippen LogP contribution in [-0.4, -0.2) is 13.7 Å². The van der Waals surface area contributed by atoms with Gasteiger partial charge in [0.25, 0.3) is 0 Å². The SMILES string of the molecule is CCCC=CC1CCC(C2CCC(COC)CC2)CC1. The first-order chi connectivity index (χ1) is 9.83. The summed E-state index contributed by atoms with van der Waals surface area (Å²) in [7, 11) is 1.85. The molecule has 2 saturated carbocycles. The monoisotopic (exact) mass is 278 g/mol. The molecule has 0 bridgehead atoms. The van der Waals surface area contributed by atoms with Crippen LogP contribution in [0.5, 0.6) is 0 Å². The lowest BCUT2D eigenvalue weighted by Gasteiger charge is -2.37. The number of unbranched alkanes of at least 4 members (excludes halogenated alkanes) is 1. The summed E-state index contributed by atoms with van der Waals surface area (Å²) in [6.07, 6.45) is 19.1. The van der Waals surface area contributed by atoms with Crippen molar-refractivity contribution in [2.24, 2.45) is 23.7 Å². The summed E-state index contributed by atoms with van der Waals surface area (Å²) in [6, 6.07) is 0. The molecule has 2 fully saturated rings. The Balaban J connectivity index is 1.67. The first-order valence-corrected chi connectivity index (χ1v) is 8.99. The first-order valence-electron chi connectivity index (χ1n) is 8.99. The molecule has 0 aromatic carbocycles. The Labute approximate surface area is 126 Å². The molecule has 0 spiro atoms. The summed E-state index contributed by atoms with van der Waals surface area (Å²) in [5, 5.41) is 0. The number of hydrogen-bond donors (Lipinski definition) is 0. The van der Waals surface area contributed by atoms with Crippen molar-refractivity contribution in [2.75, 3.05) is 13.7 Å². The molecule has 0 saturated heterocycles. The Morgan fingerprint density at radius 1 is 0.900 bits per heavy atom. The zero-order valence-electron chi connectivity index (χ0n) is 13.7. The predicted octanol–water partition coefficient (Wildman–Crippen LogP) is 5.60. The molecular formula is C19H34O. The summed E-state index contributed by atoms with van der Waals surface area (Å²) < 4.78 is 5.32. The Bertz CT molecular complexity index is 267. The van der Waals surface area contributed by atoms with Crippen molar-refractivity contribution < 1.29 is 4.74 Å². The number of hydrogen-bond acceptors (Lipinski definition) is 1. The molecule has 2 rings (SSSR count). The van der Waals surface area contributed by atoms with Gasteiger partial charge in [-0.05, 0) is 81.5 Å². The normalized spacial score (nSPS) is 35.5. The lowest BCUT2D eigenvalue weighted by atomic mass is 9.69. The van der Waals surface area contributed by atoms with E-state index < -0.39 is 0 Å². The zero-order valence-corrected chi connectivity index (χ0v) is 13.7. The third-order valence-corrected chi connectivity index (χ3v) is 5.64. The summed E-state index contributed by atoms with van der Waals surface area (Å²) in [5.74, 6) is 3.81. The molecule has 0 aliphatic heterocycles. The molecule has 0 aromatic rings. The smallest absolute Gasteiger partial charge is 0.0490 e. The Kier molecular flexibility index (Phi) is 7.13. The summed E-state index contributed by atoms with van der Waals surface area (Å²) in [6.45, 7) is 3.25. The van der Waals surface area contributed by atoms with E-state index in [0.29, 0.717) is 0 Å². The maximum absolute atomic E-state index is 5.32. The van der Waals surface area contributed by atoms with E-state index in [4.69, 9.17) is 4.74 Å². The number of methoxy groups -OCH3 is 1. The topological polar surface area (TPSA) is 9.23 Å². The molecule has 0 atom stereocenters. The van der Waals surface area contributed by atoms with Gasteiger partial charge in [-0.1, -0.05) is 25.5 Å². The van der Waals surface area contributed by atoms with E-state index >= 15 is 0 Å². The fourth-order valence-corrected chi connectivity index (χ4v) is 4.33. The molecule has 0 radical (unpaired) electrons. The van der Waals surface area contributed by atoms with Crippen molar-refractivity contribution in [1.82, 2.24) is 0 Å². The van der Waals surface area contributed by atoms with Gasteiger partial charge >= 0.3 is 0 Å². The van der Waals surface area contributed by atoms with Crippen LogP contribution in [-0.2, 0) is 4.74 Å². The van der Waals surface area contributed by atoms with Gasteiger partial charge in [0.2, 0.25) is 0 Å². The standard InChI is InChI=1S/C19H34O/c1-3-4-5-6-16-7-11-18(12-8-16)19-13-9-17(10-14-19)15-20-2/h5-6,16-19H,3-4,7-15H2,1-2H3. The van der Waals surface area contributed by atoms with Gasteiger partial charge in [-0.15, -0.1) is 0 Å². The van der Waals surface area contributed by atoms with Crippen molar-refractivity contribution in [3.8, 4) is 0 Å². The number of rotatable bonds is 6. The van der Waals surface area contributed by atoms with Crippen LogP contribution >= 0.6 is 0 Å². The van der Waals surface area contributed by atoms with Crippen molar-refractivity contribution in [3.05, 3.63) is 12.2 Å². The highest BCUT2D eigenvalue weighted by Gasteiger charge is 2.30. The minimum Gasteiger partial charge on any atom is -0.384 e. The molecule has 2 aliphatic carbocycles. The second-order valence-electron chi connectivity index (χ2n) is 7.13. The van der Waals surface area contributed by atoms with E-state index in [9.17, 15) is 0 Å². The van der Waals surface area contributed by atoms with Crippen LogP contribution in [0.1, 0.15) is 71.1 Å². The maximum atomic E-state index is 5.32. The number of allylic oxidation sites excluding steroid dienone is 2. The largest absolute Gasteiger partial charge is 0.384 e. The van der Waals surface area contributed by atoms with Crippen LogP contribution in [0.25, 0.3) is 0 Å². The van der Waals surface area contributed by atoms with Crippen molar-refractivity contribution in [1.29, 1.82) is 0 Å². The van der Waals surface area contributed by atoms with E-state index in [1.165, 1.54) is 64.2 Å². The fraction of sp³-hybridized carbons (Fsp3) is 0.895. The molecule has 0 heterocycles. The second kappa shape index (κ2) is 8.87. The molecule has 0 aromatic heterocycles. The molecule has 2 aliphatic rings. The lowest BCUT2D eigenvalue weighted by Crippen LogP contribution is -2.26. The molecule has 0 unspecified atom stereocenters. The molecular weight excluding hydrogens is 244 g/mol. The zero-order chi connectivity index (χ0) is 14.2. The van der Waals surface area contributed by atoms with E-state index in [1.54, 1.807) is 0 Å². The van der Waals surface area contributed by atoms with E-state index in [1.807, 2.05) is 7.11 Å². The number of ether oxygens (including phenoxy) is 1. The molecule has 0 N–H and O–H groups in total.